The van der Waals surface area contributed by atoms with Gasteiger partial charge in [-0.3, -0.25) is 0 Å². The monoisotopic (exact) mass is 295 g/mol. The van der Waals surface area contributed by atoms with Crippen LogP contribution >= 0.6 is 0 Å². The van der Waals surface area contributed by atoms with Crippen LogP contribution in [0.3, 0.4) is 0 Å². The van der Waals surface area contributed by atoms with Crippen LogP contribution in [0.15, 0.2) is 47.4 Å². The van der Waals surface area contributed by atoms with Crippen LogP contribution in [-0.4, -0.2) is 25.6 Å². The molecular weight excluding hydrogens is 284 g/mol. The average Bonchev–Trinajstić information content (AvgIpc) is 2.38. The lowest BCUT2D eigenvalue weighted by atomic mass is 9.79. The molecule has 0 bridgehead atoms. The number of halogens is 1. The van der Waals surface area contributed by atoms with E-state index in [-0.39, 0.29) is 15.9 Å². The molecule has 0 amide bonds. The lowest BCUT2D eigenvalue weighted by Gasteiger charge is -2.07. The van der Waals surface area contributed by atoms with Gasteiger partial charge < -0.3 is 10.0 Å². The summed E-state index contributed by atoms with van der Waals surface area (Å²) in [6.07, 6.45) is 0. The van der Waals surface area contributed by atoms with Crippen molar-refractivity contribution in [2.24, 2.45) is 5.14 Å². The molecule has 2 aromatic rings. The zero-order valence-corrected chi connectivity index (χ0v) is 11.0. The number of hydrogen-bond donors (Lipinski definition) is 3. The standard InChI is InChI=1S/C12H11BFNO4S/c14-12-6-3-9(13(16)17)7-11(12)8-1-4-10(5-2-8)20(15,18)19/h1-7,16-17H,(H2,15,18,19). The molecule has 0 spiro atoms. The van der Waals surface area contributed by atoms with Crippen LogP contribution in [0.1, 0.15) is 0 Å². The maximum atomic E-state index is 13.7. The third-order valence-corrected chi connectivity index (χ3v) is 3.71. The van der Waals surface area contributed by atoms with Crippen LogP contribution in [0, 0.1) is 5.82 Å². The molecule has 0 unspecified atom stereocenters. The summed E-state index contributed by atoms with van der Waals surface area (Å²) in [6.45, 7) is 0. The molecule has 4 N–H and O–H groups in total. The second-order valence-corrected chi connectivity index (χ2v) is 5.74. The van der Waals surface area contributed by atoms with Crippen molar-refractivity contribution < 1.29 is 22.9 Å². The van der Waals surface area contributed by atoms with Gasteiger partial charge in [0.05, 0.1) is 4.90 Å². The van der Waals surface area contributed by atoms with Crippen molar-refractivity contribution in [3.63, 3.8) is 0 Å². The lowest BCUT2D eigenvalue weighted by molar-refractivity contribution is 0.425. The second kappa shape index (κ2) is 5.33. The smallest absolute Gasteiger partial charge is 0.423 e. The highest BCUT2D eigenvalue weighted by Gasteiger charge is 2.15. The van der Waals surface area contributed by atoms with Crippen molar-refractivity contribution in [1.82, 2.24) is 0 Å². The fourth-order valence-electron chi connectivity index (χ4n) is 1.75. The van der Waals surface area contributed by atoms with Gasteiger partial charge in [-0.25, -0.2) is 17.9 Å². The van der Waals surface area contributed by atoms with E-state index < -0.39 is 23.0 Å². The summed E-state index contributed by atoms with van der Waals surface area (Å²) in [4.78, 5) is -0.0833. The minimum Gasteiger partial charge on any atom is -0.423 e. The zero-order valence-electron chi connectivity index (χ0n) is 10.2. The first-order chi connectivity index (χ1) is 9.29. The van der Waals surface area contributed by atoms with E-state index in [9.17, 15) is 12.8 Å². The van der Waals surface area contributed by atoms with Gasteiger partial charge in [-0.05, 0) is 29.2 Å². The molecule has 2 aromatic carbocycles. The van der Waals surface area contributed by atoms with Crippen molar-refractivity contribution in [2.45, 2.75) is 4.90 Å². The minimum atomic E-state index is -3.81. The molecule has 0 atom stereocenters. The first-order valence-corrected chi connectivity index (χ1v) is 7.12. The molecule has 0 saturated heterocycles. The third kappa shape index (κ3) is 3.05. The molecule has 2 rings (SSSR count). The Bertz CT molecular complexity index is 732. The zero-order chi connectivity index (χ0) is 14.9. The van der Waals surface area contributed by atoms with Crippen molar-refractivity contribution >= 4 is 22.6 Å². The van der Waals surface area contributed by atoms with Gasteiger partial charge in [0.25, 0.3) is 0 Å². The molecule has 0 aliphatic carbocycles. The SMILES string of the molecule is NS(=O)(=O)c1ccc(-c2cc(B(O)O)ccc2F)cc1. The van der Waals surface area contributed by atoms with Crippen molar-refractivity contribution in [2.75, 3.05) is 0 Å². The number of hydrogen-bond acceptors (Lipinski definition) is 4. The van der Waals surface area contributed by atoms with Crippen LogP contribution in [0.2, 0.25) is 0 Å². The highest BCUT2D eigenvalue weighted by Crippen LogP contribution is 2.23. The van der Waals surface area contributed by atoms with E-state index in [1.54, 1.807) is 0 Å². The van der Waals surface area contributed by atoms with Crippen LogP contribution in [-0.2, 0) is 10.0 Å². The fourth-order valence-corrected chi connectivity index (χ4v) is 2.26. The topological polar surface area (TPSA) is 101 Å². The minimum absolute atomic E-state index is 0.0833. The average molecular weight is 295 g/mol. The highest BCUT2D eigenvalue weighted by atomic mass is 32.2. The fraction of sp³-hybridized carbons (Fsp3) is 0. The Morgan fingerprint density at radius 1 is 1.05 bits per heavy atom. The first kappa shape index (κ1) is 14.7. The van der Waals surface area contributed by atoms with Gasteiger partial charge in [-0.15, -0.1) is 0 Å². The van der Waals surface area contributed by atoms with Gasteiger partial charge in [0.1, 0.15) is 5.82 Å². The Morgan fingerprint density at radius 2 is 1.65 bits per heavy atom. The van der Waals surface area contributed by atoms with Crippen molar-refractivity contribution in [3.05, 3.63) is 48.3 Å². The molecular formula is C12H11BFNO4S. The number of sulfonamides is 1. The van der Waals surface area contributed by atoms with E-state index in [0.29, 0.717) is 5.56 Å². The van der Waals surface area contributed by atoms with Gasteiger partial charge in [0.15, 0.2) is 0 Å². The van der Waals surface area contributed by atoms with E-state index in [1.807, 2.05) is 0 Å². The summed E-state index contributed by atoms with van der Waals surface area (Å²) in [6, 6.07) is 8.95. The number of benzene rings is 2. The van der Waals surface area contributed by atoms with Crippen LogP contribution in [0.25, 0.3) is 11.1 Å². The molecule has 0 heterocycles. The molecule has 8 heteroatoms. The Labute approximate surface area is 115 Å². The van der Waals surface area contributed by atoms with E-state index in [0.717, 1.165) is 6.07 Å². The molecule has 5 nitrogen and oxygen atoms in total. The lowest BCUT2D eigenvalue weighted by Crippen LogP contribution is -2.29. The molecule has 0 radical (unpaired) electrons. The summed E-state index contributed by atoms with van der Waals surface area (Å²) < 4.78 is 36.0. The van der Waals surface area contributed by atoms with Gasteiger partial charge >= 0.3 is 7.12 Å². The van der Waals surface area contributed by atoms with Gasteiger partial charge in [0.2, 0.25) is 10.0 Å². The third-order valence-electron chi connectivity index (χ3n) is 2.78. The van der Waals surface area contributed by atoms with E-state index in [2.05, 4.69) is 0 Å². The normalized spacial score (nSPS) is 11.4. The van der Waals surface area contributed by atoms with E-state index in [4.69, 9.17) is 15.2 Å². The Morgan fingerprint density at radius 3 is 2.15 bits per heavy atom. The summed E-state index contributed by atoms with van der Waals surface area (Å²) in [5.74, 6) is -0.558. The Balaban J connectivity index is 2.49. The summed E-state index contributed by atoms with van der Waals surface area (Å²) in [5.41, 5.74) is 0.672. The molecule has 0 aliphatic rings. The molecule has 0 saturated carbocycles. The quantitative estimate of drug-likeness (QED) is 0.684. The molecule has 20 heavy (non-hydrogen) atoms. The van der Waals surface area contributed by atoms with Crippen LogP contribution in [0.4, 0.5) is 4.39 Å². The van der Waals surface area contributed by atoms with Gasteiger partial charge in [-0.2, -0.15) is 0 Å². The molecule has 0 fully saturated rings. The van der Waals surface area contributed by atoms with Crippen LogP contribution in [0.5, 0.6) is 0 Å². The maximum Gasteiger partial charge on any atom is 0.488 e. The first-order valence-electron chi connectivity index (χ1n) is 5.58. The number of primary sulfonamides is 1. The number of nitrogens with two attached hydrogens (primary N) is 1. The predicted molar refractivity (Wildman–Crippen MR) is 73.0 cm³/mol. The molecule has 104 valence electrons. The van der Waals surface area contributed by atoms with Crippen molar-refractivity contribution in [1.29, 1.82) is 0 Å². The second-order valence-electron chi connectivity index (χ2n) is 4.18. The van der Waals surface area contributed by atoms with Crippen molar-refractivity contribution in [3.8, 4) is 11.1 Å². The van der Waals surface area contributed by atoms with E-state index >= 15 is 0 Å². The molecule has 0 aliphatic heterocycles. The number of rotatable bonds is 3. The maximum absolute atomic E-state index is 13.7. The highest BCUT2D eigenvalue weighted by molar-refractivity contribution is 7.89. The molecule has 0 aromatic heterocycles. The van der Waals surface area contributed by atoms with E-state index in [1.165, 1.54) is 36.4 Å². The Hall–Kier alpha value is -1.74. The Kier molecular flexibility index (Phi) is 3.91. The summed E-state index contributed by atoms with van der Waals surface area (Å²) in [5, 5.41) is 23.1. The van der Waals surface area contributed by atoms with Gasteiger partial charge in [0, 0.05) is 5.56 Å². The summed E-state index contributed by atoms with van der Waals surface area (Å²) in [7, 11) is -5.52. The van der Waals surface area contributed by atoms with Gasteiger partial charge in [-0.1, -0.05) is 24.3 Å². The summed E-state index contributed by atoms with van der Waals surface area (Å²) >= 11 is 0. The largest absolute Gasteiger partial charge is 0.488 e. The predicted octanol–water partition coefficient (Wildman–Crippen LogP) is -0.180. The van der Waals surface area contributed by atoms with Crippen LogP contribution < -0.4 is 10.6 Å².